The normalized spacial score (nSPS) is 12.0. The molecule has 0 saturated heterocycles. The lowest BCUT2D eigenvalue weighted by Crippen LogP contribution is -2.30. The molecule has 0 aliphatic rings. The van der Waals surface area contributed by atoms with E-state index < -0.39 is 0 Å². The molecule has 4 nitrogen and oxygen atoms in total. The molecule has 1 unspecified atom stereocenters. The molecule has 4 heteroatoms. The fourth-order valence-corrected chi connectivity index (χ4v) is 2.42. The Morgan fingerprint density at radius 2 is 1.90 bits per heavy atom. The lowest BCUT2D eigenvalue weighted by atomic mass is 9.97. The molecule has 21 heavy (non-hydrogen) atoms. The monoisotopic (exact) mass is 286 g/mol. The molecule has 0 saturated carbocycles. The first kappa shape index (κ1) is 15.4. The van der Waals surface area contributed by atoms with E-state index in [1.165, 1.54) is 5.56 Å². The van der Waals surface area contributed by atoms with Gasteiger partial charge >= 0.3 is 0 Å². The van der Waals surface area contributed by atoms with Crippen molar-refractivity contribution >= 4 is 0 Å². The van der Waals surface area contributed by atoms with Crippen LogP contribution >= 0.6 is 0 Å². The van der Waals surface area contributed by atoms with Crippen molar-refractivity contribution < 1.29 is 9.47 Å². The van der Waals surface area contributed by atoms with E-state index in [-0.39, 0.29) is 6.04 Å². The highest BCUT2D eigenvalue weighted by Gasteiger charge is 2.16. The summed E-state index contributed by atoms with van der Waals surface area (Å²) in [7, 11) is 3.34. The second kappa shape index (κ2) is 7.11. The predicted octanol–water partition coefficient (Wildman–Crippen LogP) is 2.76. The number of nitrogens with one attached hydrogen (secondary N) is 1. The molecular formula is C17H22N2O2. The van der Waals surface area contributed by atoms with Gasteiger partial charge in [0, 0.05) is 5.56 Å². The maximum atomic E-state index is 5.76. The maximum Gasteiger partial charge on any atom is 0.123 e. The van der Waals surface area contributed by atoms with Crippen molar-refractivity contribution in [3.05, 3.63) is 59.2 Å². The standard InChI is InChI=1S/C17H22N2O2/c1-12-7-8-17(21-3)15(9-12)16(19-18)11-13-5-4-6-14(10-13)20-2/h4-10,16,19H,11,18H2,1-3H3. The topological polar surface area (TPSA) is 56.5 Å². The summed E-state index contributed by atoms with van der Waals surface area (Å²) in [4.78, 5) is 0. The van der Waals surface area contributed by atoms with Crippen molar-refractivity contribution in [2.45, 2.75) is 19.4 Å². The van der Waals surface area contributed by atoms with Crippen LogP contribution in [0.25, 0.3) is 0 Å². The number of rotatable bonds is 6. The van der Waals surface area contributed by atoms with Gasteiger partial charge in [-0.2, -0.15) is 0 Å². The molecule has 0 spiro atoms. The van der Waals surface area contributed by atoms with Gasteiger partial charge < -0.3 is 9.47 Å². The van der Waals surface area contributed by atoms with E-state index >= 15 is 0 Å². The minimum Gasteiger partial charge on any atom is -0.497 e. The summed E-state index contributed by atoms with van der Waals surface area (Å²) in [6, 6.07) is 14.1. The van der Waals surface area contributed by atoms with Crippen molar-refractivity contribution in [2.75, 3.05) is 14.2 Å². The second-order valence-electron chi connectivity index (χ2n) is 5.02. The lowest BCUT2D eigenvalue weighted by molar-refractivity contribution is 0.398. The first-order valence-electron chi connectivity index (χ1n) is 6.91. The summed E-state index contributed by atoms with van der Waals surface area (Å²) in [5.74, 6) is 7.45. The van der Waals surface area contributed by atoms with Gasteiger partial charge in [0.15, 0.2) is 0 Å². The van der Waals surface area contributed by atoms with Crippen LogP contribution in [0, 0.1) is 6.92 Å². The van der Waals surface area contributed by atoms with E-state index in [1.807, 2.05) is 30.3 Å². The van der Waals surface area contributed by atoms with Gasteiger partial charge in [0.1, 0.15) is 11.5 Å². The van der Waals surface area contributed by atoms with E-state index in [0.717, 1.165) is 29.0 Å². The minimum absolute atomic E-state index is 0.0213. The smallest absolute Gasteiger partial charge is 0.123 e. The molecule has 0 aliphatic heterocycles. The predicted molar refractivity (Wildman–Crippen MR) is 84.5 cm³/mol. The van der Waals surface area contributed by atoms with Gasteiger partial charge in [-0.1, -0.05) is 29.8 Å². The third-order valence-corrected chi connectivity index (χ3v) is 3.54. The van der Waals surface area contributed by atoms with Gasteiger partial charge in [0.25, 0.3) is 0 Å². The van der Waals surface area contributed by atoms with Crippen LogP contribution in [-0.2, 0) is 6.42 Å². The largest absolute Gasteiger partial charge is 0.497 e. The van der Waals surface area contributed by atoms with Crippen LogP contribution in [0.1, 0.15) is 22.7 Å². The van der Waals surface area contributed by atoms with Gasteiger partial charge in [-0.25, -0.2) is 0 Å². The van der Waals surface area contributed by atoms with Crippen LogP contribution < -0.4 is 20.7 Å². The summed E-state index contributed by atoms with van der Waals surface area (Å²) in [5, 5.41) is 0. The van der Waals surface area contributed by atoms with Crippen LogP contribution in [-0.4, -0.2) is 14.2 Å². The first-order valence-corrected chi connectivity index (χ1v) is 6.91. The SMILES string of the molecule is COc1cccc(CC(NN)c2cc(C)ccc2OC)c1. The highest BCUT2D eigenvalue weighted by Crippen LogP contribution is 2.29. The van der Waals surface area contributed by atoms with Crippen molar-refractivity contribution in [1.82, 2.24) is 5.43 Å². The fourth-order valence-electron chi connectivity index (χ4n) is 2.42. The average molecular weight is 286 g/mol. The Hall–Kier alpha value is -2.04. The van der Waals surface area contributed by atoms with Crippen LogP contribution in [0.3, 0.4) is 0 Å². The Balaban J connectivity index is 2.29. The third kappa shape index (κ3) is 3.74. The second-order valence-corrected chi connectivity index (χ2v) is 5.02. The van der Waals surface area contributed by atoms with Gasteiger partial charge in [0.05, 0.1) is 20.3 Å². The number of benzene rings is 2. The van der Waals surface area contributed by atoms with Gasteiger partial charge in [0.2, 0.25) is 0 Å². The molecule has 112 valence electrons. The number of hydrazine groups is 1. The van der Waals surface area contributed by atoms with E-state index in [2.05, 4.69) is 24.5 Å². The molecule has 0 radical (unpaired) electrons. The minimum atomic E-state index is -0.0213. The Kier molecular flexibility index (Phi) is 5.20. The number of hydrogen-bond acceptors (Lipinski definition) is 4. The summed E-state index contributed by atoms with van der Waals surface area (Å²) in [6.45, 7) is 2.06. The summed E-state index contributed by atoms with van der Waals surface area (Å²) >= 11 is 0. The first-order chi connectivity index (χ1) is 10.2. The lowest BCUT2D eigenvalue weighted by Gasteiger charge is -2.20. The van der Waals surface area contributed by atoms with E-state index in [1.54, 1.807) is 14.2 Å². The zero-order valence-corrected chi connectivity index (χ0v) is 12.7. The number of methoxy groups -OCH3 is 2. The average Bonchev–Trinajstić information content (AvgIpc) is 2.52. The zero-order chi connectivity index (χ0) is 15.2. The third-order valence-electron chi connectivity index (χ3n) is 3.54. The number of nitrogens with two attached hydrogens (primary N) is 1. The highest BCUT2D eigenvalue weighted by atomic mass is 16.5. The Bertz CT molecular complexity index is 599. The van der Waals surface area contributed by atoms with E-state index in [4.69, 9.17) is 15.3 Å². The molecular weight excluding hydrogens is 264 g/mol. The molecule has 2 rings (SSSR count). The van der Waals surface area contributed by atoms with Crippen molar-refractivity contribution in [3.8, 4) is 11.5 Å². The molecule has 0 aliphatic carbocycles. The fraction of sp³-hybridized carbons (Fsp3) is 0.294. The van der Waals surface area contributed by atoms with Crippen molar-refractivity contribution in [3.63, 3.8) is 0 Å². The molecule has 0 amide bonds. The van der Waals surface area contributed by atoms with Crippen LogP contribution in [0.2, 0.25) is 0 Å². The summed E-state index contributed by atoms with van der Waals surface area (Å²) in [5.41, 5.74) is 6.27. The van der Waals surface area contributed by atoms with Crippen LogP contribution in [0.5, 0.6) is 11.5 Å². The summed E-state index contributed by atoms with van der Waals surface area (Å²) < 4.78 is 10.7. The van der Waals surface area contributed by atoms with Gasteiger partial charge in [-0.15, -0.1) is 0 Å². The molecule has 0 fully saturated rings. The Labute approximate surface area is 125 Å². The van der Waals surface area contributed by atoms with Crippen molar-refractivity contribution in [2.24, 2.45) is 5.84 Å². The molecule has 0 heterocycles. The quantitative estimate of drug-likeness (QED) is 0.633. The Morgan fingerprint density at radius 3 is 2.57 bits per heavy atom. The van der Waals surface area contributed by atoms with Crippen molar-refractivity contribution in [1.29, 1.82) is 0 Å². The highest BCUT2D eigenvalue weighted by molar-refractivity contribution is 5.40. The summed E-state index contributed by atoms with van der Waals surface area (Å²) in [6.07, 6.45) is 0.757. The van der Waals surface area contributed by atoms with E-state index in [0.29, 0.717) is 0 Å². The number of hydrogen-bond donors (Lipinski definition) is 2. The number of aryl methyl sites for hydroxylation is 1. The molecule has 0 aromatic heterocycles. The Morgan fingerprint density at radius 1 is 1.10 bits per heavy atom. The molecule has 0 bridgehead atoms. The molecule has 3 N–H and O–H groups in total. The van der Waals surface area contributed by atoms with Crippen LogP contribution in [0.4, 0.5) is 0 Å². The number of ether oxygens (including phenoxy) is 2. The van der Waals surface area contributed by atoms with E-state index in [9.17, 15) is 0 Å². The maximum absolute atomic E-state index is 5.76. The zero-order valence-electron chi connectivity index (χ0n) is 12.7. The molecule has 2 aromatic rings. The van der Waals surface area contributed by atoms with Gasteiger partial charge in [-0.3, -0.25) is 11.3 Å². The van der Waals surface area contributed by atoms with Crippen LogP contribution in [0.15, 0.2) is 42.5 Å². The molecule has 1 atom stereocenters. The molecule has 2 aromatic carbocycles. The van der Waals surface area contributed by atoms with Gasteiger partial charge in [-0.05, 0) is 37.1 Å².